The molecule has 33 heavy (non-hydrogen) atoms. The van der Waals surface area contributed by atoms with Gasteiger partial charge in [0.25, 0.3) is 5.91 Å². The Labute approximate surface area is 199 Å². The monoisotopic (exact) mass is 464 g/mol. The van der Waals surface area contributed by atoms with Gasteiger partial charge in [-0.1, -0.05) is 23.7 Å². The number of halogens is 1. The summed E-state index contributed by atoms with van der Waals surface area (Å²) in [7, 11) is 2.14. The standard InChI is InChI=1S/C25H29ClN6O/c1-17-5-8-20(14-22(17)26)32-23(18-6-7-18)21(16-29-32)25(33)28-15-19-4-3-9-27-24(19)31-12-10-30(2)11-13-31/h3-5,8-9,14,16,18H,6-7,10-13,15H2,1-2H3,(H,28,33). The van der Waals surface area contributed by atoms with E-state index in [-0.39, 0.29) is 5.91 Å². The SMILES string of the molecule is Cc1ccc(-n2ncc(C(=O)NCc3cccnc3N3CCN(C)CC3)c2C2CC2)cc1Cl. The first-order chi connectivity index (χ1) is 16.0. The Kier molecular flexibility index (Phi) is 6.08. The van der Waals surface area contributed by atoms with E-state index in [1.165, 1.54) is 0 Å². The molecule has 1 aliphatic heterocycles. The lowest BCUT2D eigenvalue weighted by Crippen LogP contribution is -2.45. The number of aromatic nitrogens is 3. The van der Waals surface area contributed by atoms with E-state index in [1.807, 2.05) is 48.1 Å². The third-order valence-electron chi connectivity index (χ3n) is 6.52. The van der Waals surface area contributed by atoms with Crippen LogP contribution in [0, 0.1) is 6.92 Å². The van der Waals surface area contributed by atoms with Crippen LogP contribution in [-0.2, 0) is 6.54 Å². The molecule has 172 valence electrons. The summed E-state index contributed by atoms with van der Waals surface area (Å²) in [6.07, 6.45) is 5.64. The van der Waals surface area contributed by atoms with Gasteiger partial charge in [0.1, 0.15) is 5.82 Å². The third-order valence-corrected chi connectivity index (χ3v) is 6.93. The van der Waals surface area contributed by atoms with Crippen LogP contribution in [0.1, 0.15) is 45.9 Å². The lowest BCUT2D eigenvalue weighted by atomic mass is 10.1. The molecular formula is C25H29ClN6O. The van der Waals surface area contributed by atoms with Gasteiger partial charge >= 0.3 is 0 Å². The van der Waals surface area contributed by atoms with Crippen molar-refractivity contribution in [3.8, 4) is 5.69 Å². The van der Waals surface area contributed by atoms with E-state index in [0.717, 1.165) is 67.3 Å². The maximum absolute atomic E-state index is 13.2. The molecule has 5 rings (SSSR count). The number of piperazine rings is 1. The average Bonchev–Trinajstić information content (AvgIpc) is 3.57. The van der Waals surface area contributed by atoms with Gasteiger partial charge < -0.3 is 15.1 Å². The molecule has 0 radical (unpaired) electrons. The van der Waals surface area contributed by atoms with Gasteiger partial charge in [-0.2, -0.15) is 5.10 Å². The van der Waals surface area contributed by atoms with Gasteiger partial charge in [-0.25, -0.2) is 9.67 Å². The Balaban J connectivity index is 1.35. The molecule has 0 bridgehead atoms. The van der Waals surface area contributed by atoms with Crippen molar-refractivity contribution in [2.24, 2.45) is 0 Å². The number of pyridine rings is 1. The lowest BCUT2D eigenvalue weighted by molar-refractivity contribution is 0.0950. The van der Waals surface area contributed by atoms with E-state index < -0.39 is 0 Å². The maximum Gasteiger partial charge on any atom is 0.255 e. The number of amides is 1. The molecule has 1 amide bonds. The second-order valence-corrected chi connectivity index (χ2v) is 9.43. The first kappa shape index (κ1) is 21.9. The van der Waals surface area contributed by atoms with Crippen molar-refractivity contribution in [2.45, 2.75) is 32.2 Å². The number of carbonyl (C=O) groups excluding carboxylic acids is 1. The first-order valence-electron chi connectivity index (χ1n) is 11.5. The molecule has 8 heteroatoms. The second kappa shape index (κ2) is 9.15. The van der Waals surface area contributed by atoms with Gasteiger partial charge in [-0.15, -0.1) is 0 Å². The molecule has 0 atom stereocenters. The third kappa shape index (κ3) is 4.61. The van der Waals surface area contributed by atoms with E-state index in [0.29, 0.717) is 23.0 Å². The van der Waals surface area contributed by atoms with Crippen LogP contribution in [0.5, 0.6) is 0 Å². The second-order valence-electron chi connectivity index (χ2n) is 9.02. The highest BCUT2D eigenvalue weighted by Crippen LogP contribution is 2.42. The highest BCUT2D eigenvalue weighted by Gasteiger charge is 2.33. The zero-order valence-electron chi connectivity index (χ0n) is 19.1. The Morgan fingerprint density at radius 1 is 1.18 bits per heavy atom. The van der Waals surface area contributed by atoms with Crippen molar-refractivity contribution in [3.05, 3.63) is 70.1 Å². The normalized spacial score (nSPS) is 16.8. The number of benzene rings is 1. The van der Waals surface area contributed by atoms with E-state index in [4.69, 9.17) is 11.6 Å². The molecule has 1 aliphatic carbocycles. The van der Waals surface area contributed by atoms with Crippen LogP contribution in [0.3, 0.4) is 0 Å². The van der Waals surface area contributed by atoms with Crippen LogP contribution in [-0.4, -0.2) is 58.8 Å². The predicted molar refractivity (Wildman–Crippen MR) is 130 cm³/mol. The Bertz CT molecular complexity index is 1160. The molecule has 0 unspecified atom stereocenters. The molecule has 7 nitrogen and oxygen atoms in total. The highest BCUT2D eigenvalue weighted by atomic mass is 35.5. The molecule has 2 fully saturated rings. The van der Waals surface area contributed by atoms with Crippen molar-refractivity contribution in [2.75, 3.05) is 38.1 Å². The summed E-state index contributed by atoms with van der Waals surface area (Å²) in [5, 5.41) is 8.38. The average molecular weight is 465 g/mol. The largest absolute Gasteiger partial charge is 0.354 e. The number of anilines is 1. The van der Waals surface area contributed by atoms with Crippen molar-refractivity contribution < 1.29 is 4.79 Å². The summed E-state index contributed by atoms with van der Waals surface area (Å²) in [6, 6.07) is 9.86. The van der Waals surface area contributed by atoms with Crippen LogP contribution in [0.25, 0.3) is 5.69 Å². The molecule has 3 heterocycles. The zero-order chi connectivity index (χ0) is 22.9. The van der Waals surface area contributed by atoms with Crippen LogP contribution in [0.4, 0.5) is 5.82 Å². The number of rotatable bonds is 6. The van der Waals surface area contributed by atoms with Crippen LogP contribution in [0.15, 0.2) is 42.7 Å². The number of carbonyl (C=O) groups is 1. The van der Waals surface area contributed by atoms with Crippen molar-refractivity contribution >= 4 is 23.3 Å². The number of likely N-dealkylation sites (N-methyl/N-ethyl adjacent to an activating group) is 1. The van der Waals surface area contributed by atoms with E-state index in [1.54, 1.807) is 6.20 Å². The summed E-state index contributed by atoms with van der Waals surface area (Å²) in [4.78, 5) is 22.5. The molecule has 1 saturated carbocycles. The molecule has 0 spiro atoms. The number of hydrogen-bond acceptors (Lipinski definition) is 5. The van der Waals surface area contributed by atoms with Gasteiger partial charge in [0, 0.05) is 55.4 Å². The summed E-state index contributed by atoms with van der Waals surface area (Å²) >= 11 is 6.35. The summed E-state index contributed by atoms with van der Waals surface area (Å²) in [6.45, 7) is 6.30. The minimum absolute atomic E-state index is 0.102. The molecule has 2 aliphatic rings. The topological polar surface area (TPSA) is 66.3 Å². The smallest absolute Gasteiger partial charge is 0.255 e. The number of aryl methyl sites for hydroxylation is 1. The van der Waals surface area contributed by atoms with Gasteiger partial charge in [-0.05, 0) is 50.6 Å². The minimum Gasteiger partial charge on any atom is -0.354 e. The van der Waals surface area contributed by atoms with E-state index in [9.17, 15) is 4.79 Å². The fraction of sp³-hybridized carbons (Fsp3) is 0.400. The molecule has 1 N–H and O–H groups in total. The van der Waals surface area contributed by atoms with Crippen LogP contribution in [0.2, 0.25) is 5.02 Å². The summed E-state index contributed by atoms with van der Waals surface area (Å²) in [5.41, 5.74) is 4.54. The number of hydrogen-bond donors (Lipinski definition) is 1. The minimum atomic E-state index is -0.102. The van der Waals surface area contributed by atoms with E-state index >= 15 is 0 Å². The fourth-order valence-electron chi connectivity index (χ4n) is 4.34. The van der Waals surface area contributed by atoms with Gasteiger partial charge in [0.2, 0.25) is 0 Å². The number of nitrogens with zero attached hydrogens (tertiary/aromatic N) is 5. The highest BCUT2D eigenvalue weighted by molar-refractivity contribution is 6.31. The molecule has 2 aromatic heterocycles. The van der Waals surface area contributed by atoms with Crippen LogP contribution >= 0.6 is 11.6 Å². The van der Waals surface area contributed by atoms with Crippen molar-refractivity contribution in [1.82, 2.24) is 25.0 Å². The van der Waals surface area contributed by atoms with Crippen molar-refractivity contribution in [3.63, 3.8) is 0 Å². The van der Waals surface area contributed by atoms with Gasteiger partial charge in [-0.3, -0.25) is 4.79 Å². The Morgan fingerprint density at radius 2 is 1.97 bits per heavy atom. The summed E-state index contributed by atoms with van der Waals surface area (Å²) in [5.74, 6) is 1.21. The van der Waals surface area contributed by atoms with Gasteiger partial charge in [0.15, 0.2) is 0 Å². The lowest BCUT2D eigenvalue weighted by Gasteiger charge is -2.34. The number of nitrogens with one attached hydrogen (secondary N) is 1. The Morgan fingerprint density at radius 3 is 2.70 bits per heavy atom. The maximum atomic E-state index is 13.2. The molecule has 3 aromatic rings. The quantitative estimate of drug-likeness (QED) is 0.601. The molecule has 1 saturated heterocycles. The molecular weight excluding hydrogens is 436 g/mol. The van der Waals surface area contributed by atoms with Gasteiger partial charge in [0.05, 0.1) is 23.1 Å². The first-order valence-corrected chi connectivity index (χ1v) is 11.9. The Hall–Kier alpha value is -2.90. The molecule has 1 aromatic carbocycles. The van der Waals surface area contributed by atoms with Crippen LogP contribution < -0.4 is 10.2 Å². The van der Waals surface area contributed by atoms with Crippen molar-refractivity contribution in [1.29, 1.82) is 0 Å². The zero-order valence-corrected chi connectivity index (χ0v) is 19.8. The predicted octanol–water partition coefficient (Wildman–Crippen LogP) is 3.79. The fourth-order valence-corrected chi connectivity index (χ4v) is 4.52. The summed E-state index contributed by atoms with van der Waals surface area (Å²) < 4.78 is 1.87. The van der Waals surface area contributed by atoms with E-state index in [2.05, 4.69) is 32.2 Å².